The van der Waals surface area contributed by atoms with Crippen LogP contribution in [-0.2, 0) is 16.6 Å². The molecule has 9 nitrogen and oxygen atoms in total. The molecule has 1 N–H and O–H groups in total. The van der Waals surface area contributed by atoms with Crippen molar-refractivity contribution in [2.45, 2.75) is 26.9 Å². The Labute approximate surface area is 191 Å². The van der Waals surface area contributed by atoms with Gasteiger partial charge in [0.15, 0.2) is 17.6 Å². The Morgan fingerprint density at radius 2 is 1.79 bits per heavy atom. The summed E-state index contributed by atoms with van der Waals surface area (Å²) in [6, 6.07) is 13.7. The first-order valence-electron chi connectivity index (χ1n) is 10.4. The minimum absolute atomic E-state index is 0.123. The van der Waals surface area contributed by atoms with Crippen LogP contribution in [0.2, 0.25) is 0 Å². The number of esters is 1. The largest absolute Gasteiger partial charge is 0.493 e. The van der Waals surface area contributed by atoms with Crippen molar-refractivity contribution in [2.24, 2.45) is 7.05 Å². The van der Waals surface area contributed by atoms with Crippen molar-refractivity contribution in [1.29, 1.82) is 0 Å². The van der Waals surface area contributed by atoms with E-state index in [1.807, 2.05) is 25.1 Å². The van der Waals surface area contributed by atoms with Crippen molar-refractivity contribution < 1.29 is 23.8 Å². The maximum Gasteiger partial charge on any atom is 0.339 e. The molecule has 9 heteroatoms. The minimum atomic E-state index is -1.14. The molecule has 174 valence electrons. The lowest BCUT2D eigenvalue weighted by Crippen LogP contribution is -2.32. The van der Waals surface area contributed by atoms with E-state index in [0.29, 0.717) is 29.5 Å². The van der Waals surface area contributed by atoms with Gasteiger partial charge in [0.05, 0.1) is 30.7 Å². The molecule has 0 radical (unpaired) electrons. The van der Waals surface area contributed by atoms with E-state index in [-0.39, 0.29) is 16.8 Å². The molecule has 0 spiro atoms. The molecule has 0 aliphatic heterocycles. The molecule has 0 aliphatic rings. The van der Waals surface area contributed by atoms with Crippen molar-refractivity contribution in [3.63, 3.8) is 0 Å². The van der Waals surface area contributed by atoms with E-state index in [1.165, 1.54) is 30.8 Å². The predicted octanol–water partition coefficient (Wildman–Crippen LogP) is 3.08. The second-order valence-electron chi connectivity index (χ2n) is 7.27. The van der Waals surface area contributed by atoms with Crippen molar-refractivity contribution in [3.8, 4) is 17.2 Å². The Morgan fingerprint density at radius 1 is 1.09 bits per heavy atom. The maximum atomic E-state index is 13.0. The van der Waals surface area contributed by atoms with E-state index in [9.17, 15) is 14.4 Å². The molecule has 3 rings (SSSR count). The molecule has 1 heterocycles. The smallest absolute Gasteiger partial charge is 0.339 e. The fraction of sp³-hybridized carbons (Fsp3) is 0.292. The first-order chi connectivity index (χ1) is 15.8. The third-order valence-corrected chi connectivity index (χ3v) is 5.15. The van der Waals surface area contributed by atoms with E-state index < -0.39 is 18.0 Å². The zero-order valence-corrected chi connectivity index (χ0v) is 19.2. The molecule has 0 saturated heterocycles. The van der Waals surface area contributed by atoms with Crippen LogP contribution in [0.3, 0.4) is 0 Å². The van der Waals surface area contributed by atoms with Crippen LogP contribution in [0.4, 0.5) is 5.69 Å². The molecule has 2 aromatic carbocycles. The zero-order valence-electron chi connectivity index (χ0n) is 19.2. The van der Waals surface area contributed by atoms with Crippen LogP contribution >= 0.6 is 0 Å². The van der Waals surface area contributed by atoms with E-state index in [1.54, 1.807) is 36.9 Å². The van der Waals surface area contributed by atoms with Crippen LogP contribution in [0, 0.1) is 6.92 Å². The van der Waals surface area contributed by atoms with Gasteiger partial charge < -0.3 is 19.5 Å². The Balaban J connectivity index is 1.76. The zero-order chi connectivity index (χ0) is 24.1. The lowest BCUT2D eigenvalue weighted by Gasteiger charge is -2.14. The topological polar surface area (TPSA) is 101 Å². The molecule has 0 bridgehead atoms. The van der Waals surface area contributed by atoms with Gasteiger partial charge >= 0.3 is 5.97 Å². The maximum absolute atomic E-state index is 13.0. The number of nitrogens with zero attached hydrogens (tertiary/aromatic N) is 2. The quantitative estimate of drug-likeness (QED) is 0.526. The van der Waals surface area contributed by atoms with E-state index >= 15 is 0 Å². The van der Waals surface area contributed by atoms with Crippen molar-refractivity contribution in [1.82, 2.24) is 9.36 Å². The van der Waals surface area contributed by atoms with E-state index in [2.05, 4.69) is 5.32 Å². The molecule has 33 heavy (non-hydrogen) atoms. The molecule has 0 aliphatic carbocycles. The third-order valence-electron chi connectivity index (χ3n) is 5.15. The standard InChI is InChI=1S/C24H27N3O6/c1-6-32-20-14-17(12-13-19(20)31-5)24(30)33-16(3)22(28)25-21-15(2)26(4)27(23(21)29)18-10-8-7-9-11-18/h7-14,16H,6H2,1-5H3,(H,25,28)/t16-/m1/s1. The first kappa shape index (κ1) is 23.6. The normalized spacial score (nSPS) is 11.5. The van der Waals surface area contributed by atoms with Gasteiger partial charge in [-0.2, -0.15) is 0 Å². The lowest BCUT2D eigenvalue weighted by molar-refractivity contribution is -0.123. The number of carbonyl (C=O) groups excluding carboxylic acids is 2. The third kappa shape index (κ3) is 4.92. The summed E-state index contributed by atoms with van der Waals surface area (Å²) in [5, 5.41) is 2.60. The van der Waals surface area contributed by atoms with Gasteiger partial charge in [-0.25, -0.2) is 9.48 Å². The summed E-state index contributed by atoms with van der Waals surface area (Å²) >= 11 is 0. The highest BCUT2D eigenvalue weighted by Gasteiger charge is 2.24. The van der Waals surface area contributed by atoms with Crippen molar-refractivity contribution in [2.75, 3.05) is 19.0 Å². The number of aromatic nitrogens is 2. The van der Waals surface area contributed by atoms with Gasteiger partial charge in [0.25, 0.3) is 11.5 Å². The molecule has 1 aromatic heterocycles. The van der Waals surface area contributed by atoms with Gasteiger partial charge in [-0.3, -0.25) is 14.3 Å². The number of amides is 1. The SMILES string of the molecule is CCOc1cc(C(=O)O[C@H](C)C(=O)Nc2c(C)n(C)n(-c3ccccc3)c2=O)ccc1OC. The Kier molecular flexibility index (Phi) is 7.22. The Hall–Kier alpha value is -4.01. The number of methoxy groups -OCH3 is 1. The van der Waals surface area contributed by atoms with Crippen LogP contribution in [0.1, 0.15) is 29.9 Å². The summed E-state index contributed by atoms with van der Waals surface area (Å²) in [5.74, 6) is -0.443. The number of hydrogen-bond donors (Lipinski definition) is 1. The minimum Gasteiger partial charge on any atom is -0.493 e. The van der Waals surface area contributed by atoms with Crippen LogP contribution < -0.4 is 20.3 Å². The highest BCUT2D eigenvalue weighted by Crippen LogP contribution is 2.28. The predicted molar refractivity (Wildman–Crippen MR) is 123 cm³/mol. The Bertz CT molecular complexity index is 1210. The van der Waals surface area contributed by atoms with Crippen LogP contribution in [0.5, 0.6) is 11.5 Å². The molecule has 1 atom stereocenters. The number of nitrogens with one attached hydrogen (secondary N) is 1. The number of hydrogen-bond acceptors (Lipinski definition) is 6. The van der Waals surface area contributed by atoms with Crippen LogP contribution in [0.25, 0.3) is 5.69 Å². The van der Waals surface area contributed by atoms with E-state index in [4.69, 9.17) is 14.2 Å². The molecule has 3 aromatic rings. The number of benzene rings is 2. The van der Waals surface area contributed by atoms with Crippen molar-refractivity contribution >= 4 is 17.6 Å². The van der Waals surface area contributed by atoms with Gasteiger partial charge in [0, 0.05) is 7.05 Å². The summed E-state index contributed by atoms with van der Waals surface area (Å²) in [7, 11) is 3.22. The summed E-state index contributed by atoms with van der Waals surface area (Å²) in [6.07, 6.45) is -1.14. The van der Waals surface area contributed by atoms with Crippen molar-refractivity contribution in [3.05, 3.63) is 70.1 Å². The monoisotopic (exact) mass is 453 g/mol. The number of carbonyl (C=O) groups is 2. The first-order valence-corrected chi connectivity index (χ1v) is 10.4. The van der Waals surface area contributed by atoms with Gasteiger partial charge in [-0.05, 0) is 51.1 Å². The van der Waals surface area contributed by atoms with Gasteiger partial charge in [0.1, 0.15) is 5.69 Å². The lowest BCUT2D eigenvalue weighted by atomic mass is 10.2. The molecule has 1 amide bonds. The molecule has 0 unspecified atom stereocenters. The molecular formula is C24H27N3O6. The second kappa shape index (κ2) is 10.1. The summed E-state index contributed by atoms with van der Waals surface area (Å²) < 4.78 is 19.1. The van der Waals surface area contributed by atoms with E-state index in [0.717, 1.165) is 0 Å². The highest BCUT2D eigenvalue weighted by atomic mass is 16.5. The molecule has 0 saturated carbocycles. The highest BCUT2D eigenvalue weighted by molar-refractivity contribution is 5.97. The van der Waals surface area contributed by atoms with Crippen LogP contribution in [-0.4, -0.2) is 41.1 Å². The molecular weight excluding hydrogens is 426 g/mol. The number of para-hydroxylation sites is 1. The van der Waals surface area contributed by atoms with Gasteiger partial charge in [-0.1, -0.05) is 18.2 Å². The number of anilines is 1. The average Bonchev–Trinajstić information content (AvgIpc) is 3.02. The summed E-state index contributed by atoms with van der Waals surface area (Å²) in [4.78, 5) is 38.3. The Morgan fingerprint density at radius 3 is 2.42 bits per heavy atom. The second-order valence-corrected chi connectivity index (χ2v) is 7.27. The number of rotatable bonds is 8. The molecule has 0 fully saturated rings. The number of ether oxygens (including phenoxy) is 3. The van der Waals surface area contributed by atoms with Gasteiger partial charge in [-0.15, -0.1) is 0 Å². The van der Waals surface area contributed by atoms with Gasteiger partial charge in [0.2, 0.25) is 0 Å². The summed E-state index contributed by atoms with van der Waals surface area (Å²) in [5.41, 5.74) is 1.17. The average molecular weight is 453 g/mol. The summed E-state index contributed by atoms with van der Waals surface area (Å²) in [6.45, 7) is 5.37. The fourth-order valence-corrected chi connectivity index (χ4v) is 3.29. The van der Waals surface area contributed by atoms with Crippen LogP contribution in [0.15, 0.2) is 53.3 Å². The fourth-order valence-electron chi connectivity index (χ4n) is 3.29.